The number of thiazole rings is 1. The van der Waals surface area contributed by atoms with Crippen LogP contribution in [0.25, 0.3) is 0 Å². The van der Waals surface area contributed by atoms with E-state index >= 15 is 0 Å². The molecule has 0 radical (unpaired) electrons. The van der Waals surface area contributed by atoms with Gasteiger partial charge in [-0.15, -0.1) is 11.3 Å². The van der Waals surface area contributed by atoms with Crippen molar-refractivity contribution in [3.8, 4) is 0 Å². The van der Waals surface area contributed by atoms with E-state index in [1.54, 1.807) is 0 Å². The van der Waals surface area contributed by atoms with Gasteiger partial charge in [0.1, 0.15) is 5.01 Å². The Morgan fingerprint density at radius 2 is 2.05 bits per heavy atom. The van der Waals surface area contributed by atoms with Crippen molar-refractivity contribution < 1.29 is 0 Å². The van der Waals surface area contributed by atoms with Gasteiger partial charge in [-0.2, -0.15) is 0 Å². The van der Waals surface area contributed by atoms with E-state index in [4.69, 9.17) is 4.98 Å². The summed E-state index contributed by atoms with van der Waals surface area (Å²) in [6.45, 7) is 16.8. The zero-order valence-electron chi connectivity index (χ0n) is 13.8. The molecule has 1 saturated heterocycles. The van der Waals surface area contributed by atoms with Crippen LogP contribution in [-0.4, -0.2) is 35.1 Å². The lowest BCUT2D eigenvalue weighted by atomic mass is 9.84. The third-order valence-corrected chi connectivity index (χ3v) is 5.52. The molecule has 1 aliphatic heterocycles. The summed E-state index contributed by atoms with van der Waals surface area (Å²) in [5, 5.41) is 5.01. The lowest BCUT2D eigenvalue weighted by Gasteiger charge is -2.44. The van der Waals surface area contributed by atoms with Gasteiger partial charge in [0.15, 0.2) is 0 Å². The lowest BCUT2D eigenvalue weighted by Crippen LogP contribution is -2.59. The fourth-order valence-electron chi connectivity index (χ4n) is 2.81. The highest BCUT2D eigenvalue weighted by Crippen LogP contribution is 2.26. The summed E-state index contributed by atoms with van der Waals surface area (Å²) < 4.78 is 0. The van der Waals surface area contributed by atoms with E-state index in [1.807, 2.05) is 11.3 Å². The van der Waals surface area contributed by atoms with E-state index in [-0.39, 0.29) is 0 Å². The summed E-state index contributed by atoms with van der Waals surface area (Å²) in [7, 11) is 0. The molecule has 20 heavy (non-hydrogen) atoms. The quantitative estimate of drug-likeness (QED) is 0.927. The highest BCUT2D eigenvalue weighted by molar-refractivity contribution is 7.11. The Kier molecular flexibility index (Phi) is 4.88. The molecule has 1 aromatic heterocycles. The summed E-state index contributed by atoms with van der Waals surface area (Å²) in [6, 6.07) is 1.20. The van der Waals surface area contributed by atoms with E-state index in [1.165, 1.54) is 22.0 Å². The van der Waals surface area contributed by atoms with Gasteiger partial charge in [-0.25, -0.2) is 4.98 Å². The first-order chi connectivity index (χ1) is 9.31. The fraction of sp³-hybridized carbons (Fsp3) is 0.812. The first-order valence-corrected chi connectivity index (χ1v) is 8.53. The van der Waals surface area contributed by atoms with Gasteiger partial charge in [0.05, 0.1) is 12.2 Å². The normalized spacial score (nSPS) is 25.1. The molecular weight excluding hydrogens is 266 g/mol. The van der Waals surface area contributed by atoms with Gasteiger partial charge in [-0.3, -0.25) is 4.90 Å². The molecule has 0 bridgehead atoms. The molecule has 114 valence electrons. The maximum atomic E-state index is 4.72. The largest absolute Gasteiger partial charge is 0.311 e. The van der Waals surface area contributed by atoms with Crippen molar-refractivity contribution in [3.05, 3.63) is 15.6 Å². The number of hydrogen-bond donors (Lipinski definition) is 1. The van der Waals surface area contributed by atoms with Crippen LogP contribution < -0.4 is 5.32 Å². The lowest BCUT2D eigenvalue weighted by molar-refractivity contribution is 0.0774. The van der Waals surface area contributed by atoms with E-state index in [9.17, 15) is 0 Å². The average molecular weight is 295 g/mol. The monoisotopic (exact) mass is 295 g/mol. The van der Waals surface area contributed by atoms with Crippen molar-refractivity contribution in [3.63, 3.8) is 0 Å². The van der Waals surface area contributed by atoms with Crippen LogP contribution in [0, 0.1) is 19.3 Å². The highest BCUT2D eigenvalue weighted by atomic mass is 32.1. The number of aromatic nitrogens is 1. The summed E-state index contributed by atoms with van der Waals surface area (Å²) >= 11 is 1.86. The summed E-state index contributed by atoms with van der Waals surface area (Å²) in [5.74, 6) is 0. The molecule has 1 aromatic rings. The minimum Gasteiger partial charge on any atom is -0.311 e. The van der Waals surface area contributed by atoms with Gasteiger partial charge >= 0.3 is 0 Å². The zero-order valence-corrected chi connectivity index (χ0v) is 14.6. The van der Waals surface area contributed by atoms with E-state index in [0.29, 0.717) is 17.5 Å². The third-order valence-electron chi connectivity index (χ3n) is 4.46. The average Bonchev–Trinajstić information content (AvgIpc) is 2.67. The van der Waals surface area contributed by atoms with Crippen LogP contribution in [0.15, 0.2) is 0 Å². The zero-order chi connectivity index (χ0) is 14.9. The molecule has 2 atom stereocenters. The number of hydrogen-bond acceptors (Lipinski definition) is 4. The molecule has 0 aliphatic carbocycles. The topological polar surface area (TPSA) is 28.2 Å². The van der Waals surface area contributed by atoms with Crippen LogP contribution >= 0.6 is 11.3 Å². The summed E-state index contributed by atoms with van der Waals surface area (Å²) in [5.41, 5.74) is 1.51. The molecule has 0 aromatic carbocycles. The third kappa shape index (κ3) is 3.60. The van der Waals surface area contributed by atoms with Crippen LogP contribution in [0.1, 0.15) is 49.7 Å². The summed E-state index contributed by atoms with van der Waals surface area (Å²) in [4.78, 5) is 8.70. The Balaban J connectivity index is 2.09. The Labute approximate surface area is 127 Å². The number of rotatable bonds is 3. The maximum Gasteiger partial charge on any atom is 0.107 e. The van der Waals surface area contributed by atoms with Crippen LogP contribution in [0.5, 0.6) is 0 Å². The molecule has 1 fully saturated rings. The Morgan fingerprint density at radius 3 is 2.55 bits per heavy atom. The van der Waals surface area contributed by atoms with E-state index in [0.717, 1.165) is 19.6 Å². The SMILES string of the molecule is CCC1CNC(C(C)(C)C)CN1Cc1nc(C)c(C)s1. The predicted molar refractivity (Wildman–Crippen MR) is 87.3 cm³/mol. The Hall–Kier alpha value is -0.450. The van der Waals surface area contributed by atoms with Gasteiger partial charge in [-0.05, 0) is 25.7 Å². The van der Waals surface area contributed by atoms with Crippen molar-refractivity contribution in [2.45, 2.75) is 66.6 Å². The maximum absolute atomic E-state index is 4.72. The smallest absolute Gasteiger partial charge is 0.107 e. The van der Waals surface area contributed by atoms with Crippen molar-refractivity contribution in [1.29, 1.82) is 0 Å². The highest BCUT2D eigenvalue weighted by Gasteiger charge is 2.33. The predicted octanol–water partition coefficient (Wildman–Crippen LogP) is 3.36. The first-order valence-electron chi connectivity index (χ1n) is 7.71. The van der Waals surface area contributed by atoms with Gasteiger partial charge in [0, 0.05) is 30.1 Å². The molecule has 2 heterocycles. The first kappa shape index (κ1) is 15.9. The van der Waals surface area contributed by atoms with Crippen LogP contribution in [0.2, 0.25) is 0 Å². The molecule has 4 heteroatoms. The molecule has 1 N–H and O–H groups in total. The molecule has 1 aliphatic rings. The summed E-state index contributed by atoms with van der Waals surface area (Å²) in [6.07, 6.45) is 1.20. The Bertz CT molecular complexity index is 428. The Morgan fingerprint density at radius 1 is 1.35 bits per heavy atom. The molecule has 0 saturated carbocycles. The number of nitrogens with one attached hydrogen (secondary N) is 1. The van der Waals surface area contributed by atoms with Gasteiger partial charge in [0.25, 0.3) is 0 Å². The minimum absolute atomic E-state index is 0.311. The van der Waals surface area contributed by atoms with Gasteiger partial charge in [0.2, 0.25) is 0 Å². The second-order valence-corrected chi connectivity index (χ2v) is 8.36. The fourth-order valence-corrected chi connectivity index (χ4v) is 3.77. The van der Waals surface area contributed by atoms with Crippen molar-refractivity contribution in [2.24, 2.45) is 5.41 Å². The van der Waals surface area contributed by atoms with Gasteiger partial charge in [-0.1, -0.05) is 27.7 Å². The molecule has 2 unspecified atom stereocenters. The number of nitrogens with zero attached hydrogens (tertiary/aromatic N) is 2. The van der Waals surface area contributed by atoms with Crippen LogP contribution in [-0.2, 0) is 6.54 Å². The van der Waals surface area contributed by atoms with Gasteiger partial charge < -0.3 is 5.32 Å². The molecule has 3 nitrogen and oxygen atoms in total. The van der Waals surface area contributed by atoms with E-state index < -0.39 is 0 Å². The number of piperazine rings is 1. The van der Waals surface area contributed by atoms with Crippen molar-refractivity contribution in [2.75, 3.05) is 13.1 Å². The minimum atomic E-state index is 0.311. The molecule has 0 amide bonds. The van der Waals surface area contributed by atoms with Crippen LogP contribution in [0.3, 0.4) is 0 Å². The second-order valence-electron chi connectivity index (χ2n) is 7.07. The second kappa shape index (κ2) is 6.12. The van der Waals surface area contributed by atoms with Crippen LogP contribution in [0.4, 0.5) is 0 Å². The molecule has 2 rings (SSSR count). The van der Waals surface area contributed by atoms with Crippen molar-refractivity contribution >= 4 is 11.3 Å². The number of aryl methyl sites for hydroxylation is 2. The van der Waals surface area contributed by atoms with Crippen molar-refractivity contribution in [1.82, 2.24) is 15.2 Å². The molecular formula is C16H29N3S. The molecule has 0 spiro atoms. The standard InChI is InChI=1S/C16H29N3S/c1-7-13-8-17-14(16(4,5)6)9-19(13)10-15-18-11(2)12(3)20-15/h13-14,17H,7-10H2,1-6H3. The van der Waals surface area contributed by atoms with E-state index in [2.05, 4.69) is 51.8 Å².